The maximum atomic E-state index is 12.4. The van der Waals surface area contributed by atoms with Crippen LogP contribution in [0, 0.1) is 0 Å². The molecule has 0 aliphatic heterocycles. The second-order valence-corrected chi connectivity index (χ2v) is 24.0. The Kier molecular flexibility index (Phi) is 65.7. The third-order valence-corrected chi connectivity index (χ3v) is 16.3. The summed E-state index contributed by atoms with van der Waals surface area (Å²) in [5.74, 6) is -0.562. The number of carbonyl (C=O) groups is 2. The monoisotopic (exact) mass is 1060 g/mol. The molecule has 0 saturated heterocycles. The van der Waals surface area contributed by atoms with Crippen molar-refractivity contribution in [3.05, 3.63) is 12.2 Å². The minimum absolute atomic E-state index is 0.0569. The number of rotatable bonds is 66. The molecule has 0 fully saturated rings. The Morgan fingerprint density at radius 1 is 0.293 bits per heavy atom. The quantitative estimate of drug-likeness (QED) is 0.0373. The SMILES string of the molecule is CCCCCCCCCC/C=C\CCCCCCCCCCCCCCCCCCCC(=O)OC(CO)COC(=O)CCCCCCCCCCCCCCCCCCCCCCCCCCCCCCCCCC. The Balaban J connectivity index is 3.37. The van der Waals surface area contributed by atoms with Crippen LogP contribution in [0.2, 0.25) is 0 Å². The Morgan fingerprint density at radius 2 is 0.493 bits per heavy atom. The molecule has 0 heterocycles. The lowest BCUT2D eigenvalue weighted by molar-refractivity contribution is -0.161. The standard InChI is InChI=1S/C70H136O5/c1-3-5-7-9-11-13-15-17-19-21-23-25-27-29-31-33-34-35-37-38-40-42-44-46-48-50-52-54-56-58-60-62-64-69(72)74-67-68(66-71)75-70(73)65-63-61-59-57-55-53-51-49-47-45-43-41-39-36-32-30-28-26-24-22-20-18-16-14-12-10-8-6-4-2/h22,24,68,71H,3-21,23,25-67H2,1-2H3/b24-22-. The van der Waals surface area contributed by atoms with Crippen molar-refractivity contribution in [2.24, 2.45) is 0 Å². The number of ether oxygens (including phenoxy) is 2. The van der Waals surface area contributed by atoms with Crippen LogP contribution in [0.25, 0.3) is 0 Å². The van der Waals surface area contributed by atoms with Gasteiger partial charge >= 0.3 is 11.9 Å². The first-order valence-electron chi connectivity index (χ1n) is 34.7. The van der Waals surface area contributed by atoms with E-state index >= 15 is 0 Å². The molecule has 446 valence electrons. The van der Waals surface area contributed by atoms with Crippen molar-refractivity contribution in [3.8, 4) is 0 Å². The van der Waals surface area contributed by atoms with Crippen LogP contribution in [0.4, 0.5) is 0 Å². The molecule has 1 N–H and O–H groups in total. The molecule has 0 aliphatic carbocycles. The second-order valence-electron chi connectivity index (χ2n) is 24.0. The molecule has 0 spiro atoms. The average molecular weight is 1060 g/mol. The van der Waals surface area contributed by atoms with Crippen molar-refractivity contribution in [1.82, 2.24) is 0 Å². The first-order chi connectivity index (χ1) is 37.1. The Morgan fingerprint density at radius 3 is 0.720 bits per heavy atom. The van der Waals surface area contributed by atoms with Gasteiger partial charge in [0.25, 0.3) is 0 Å². The maximum absolute atomic E-state index is 12.4. The van der Waals surface area contributed by atoms with Gasteiger partial charge in [0, 0.05) is 12.8 Å². The summed E-state index contributed by atoms with van der Waals surface area (Å²) in [6, 6.07) is 0. The van der Waals surface area contributed by atoms with Gasteiger partial charge < -0.3 is 14.6 Å². The van der Waals surface area contributed by atoms with Crippen LogP contribution in [0.1, 0.15) is 406 Å². The van der Waals surface area contributed by atoms with Crippen molar-refractivity contribution in [3.63, 3.8) is 0 Å². The van der Waals surface area contributed by atoms with E-state index in [-0.39, 0.29) is 25.2 Å². The summed E-state index contributed by atoms with van der Waals surface area (Å²) in [5, 5.41) is 9.70. The van der Waals surface area contributed by atoms with E-state index in [2.05, 4.69) is 26.0 Å². The second kappa shape index (κ2) is 66.9. The van der Waals surface area contributed by atoms with E-state index in [1.807, 2.05) is 0 Å². The molecule has 0 aromatic rings. The van der Waals surface area contributed by atoms with E-state index in [1.54, 1.807) is 0 Å². The van der Waals surface area contributed by atoms with Gasteiger partial charge in [0.2, 0.25) is 0 Å². The van der Waals surface area contributed by atoms with Crippen LogP contribution in [-0.2, 0) is 19.1 Å². The zero-order chi connectivity index (χ0) is 54.1. The molecule has 1 unspecified atom stereocenters. The number of aliphatic hydroxyl groups excluding tert-OH is 1. The Bertz CT molecular complexity index is 1100. The number of allylic oxidation sites excluding steroid dienone is 2. The van der Waals surface area contributed by atoms with Crippen molar-refractivity contribution >= 4 is 11.9 Å². The van der Waals surface area contributed by atoms with Crippen molar-refractivity contribution in [2.75, 3.05) is 13.2 Å². The van der Waals surface area contributed by atoms with Gasteiger partial charge in [-0.1, -0.05) is 366 Å². The fourth-order valence-corrected chi connectivity index (χ4v) is 11.1. The molecule has 0 amide bonds. The molecule has 0 bridgehead atoms. The highest BCUT2D eigenvalue weighted by atomic mass is 16.6. The molecule has 5 heteroatoms. The first-order valence-corrected chi connectivity index (χ1v) is 34.7. The van der Waals surface area contributed by atoms with Gasteiger partial charge in [0.05, 0.1) is 6.61 Å². The minimum atomic E-state index is -0.767. The molecule has 0 aliphatic rings. The topological polar surface area (TPSA) is 72.8 Å². The summed E-state index contributed by atoms with van der Waals surface area (Å²) in [6.07, 6.45) is 85.4. The van der Waals surface area contributed by atoms with Crippen LogP contribution in [0.15, 0.2) is 12.2 Å². The number of hydrogen-bond donors (Lipinski definition) is 1. The van der Waals surface area contributed by atoms with Crippen LogP contribution < -0.4 is 0 Å². The highest BCUT2D eigenvalue weighted by molar-refractivity contribution is 5.70. The lowest BCUT2D eigenvalue weighted by atomic mass is 10.0. The van der Waals surface area contributed by atoms with Crippen LogP contribution in [0.3, 0.4) is 0 Å². The number of aliphatic hydroxyl groups is 1. The van der Waals surface area contributed by atoms with Gasteiger partial charge in [-0.25, -0.2) is 0 Å². The number of esters is 2. The molecule has 0 radical (unpaired) electrons. The highest BCUT2D eigenvalue weighted by Crippen LogP contribution is 2.19. The van der Waals surface area contributed by atoms with E-state index in [9.17, 15) is 14.7 Å². The van der Waals surface area contributed by atoms with Gasteiger partial charge in [-0.2, -0.15) is 0 Å². The molecule has 5 nitrogen and oxygen atoms in total. The predicted molar refractivity (Wildman–Crippen MR) is 330 cm³/mol. The zero-order valence-electron chi connectivity index (χ0n) is 51.4. The lowest BCUT2D eigenvalue weighted by Crippen LogP contribution is -2.28. The molecule has 0 saturated carbocycles. The minimum Gasteiger partial charge on any atom is -0.462 e. The summed E-state index contributed by atoms with van der Waals surface area (Å²) < 4.78 is 10.8. The van der Waals surface area contributed by atoms with Crippen LogP contribution >= 0.6 is 0 Å². The van der Waals surface area contributed by atoms with E-state index in [4.69, 9.17) is 9.47 Å². The molecule has 0 aromatic carbocycles. The molecule has 1 atom stereocenters. The van der Waals surface area contributed by atoms with Crippen molar-refractivity contribution < 1.29 is 24.2 Å². The fraction of sp³-hybridized carbons (Fsp3) is 0.943. The van der Waals surface area contributed by atoms with E-state index < -0.39 is 6.10 Å². The van der Waals surface area contributed by atoms with Crippen LogP contribution in [0.5, 0.6) is 0 Å². The molecular weight excluding hydrogens is 921 g/mol. The fourth-order valence-electron chi connectivity index (χ4n) is 11.1. The maximum Gasteiger partial charge on any atom is 0.306 e. The zero-order valence-corrected chi connectivity index (χ0v) is 51.4. The average Bonchev–Trinajstić information content (AvgIpc) is 3.41. The Labute approximate surface area is 471 Å². The van der Waals surface area contributed by atoms with Crippen molar-refractivity contribution in [2.45, 2.75) is 412 Å². The molecular formula is C70H136O5. The summed E-state index contributed by atoms with van der Waals surface area (Å²) in [5.41, 5.74) is 0. The van der Waals surface area contributed by atoms with Gasteiger partial charge in [-0.3, -0.25) is 9.59 Å². The van der Waals surface area contributed by atoms with Gasteiger partial charge in [0.15, 0.2) is 6.10 Å². The Hall–Kier alpha value is -1.36. The summed E-state index contributed by atoms with van der Waals surface area (Å²) >= 11 is 0. The molecule has 0 aromatic heterocycles. The number of carbonyl (C=O) groups excluding carboxylic acids is 2. The summed E-state index contributed by atoms with van der Waals surface area (Å²) in [4.78, 5) is 24.6. The van der Waals surface area contributed by atoms with Crippen molar-refractivity contribution in [1.29, 1.82) is 0 Å². The normalized spacial score (nSPS) is 12.1. The first kappa shape index (κ1) is 73.6. The molecule has 0 rings (SSSR count). The van der Waals surface area contributed by atoms with E-state index in [1.165, 1.54) is 347 Å². The third-order valence-electron chi connectivity index (χ3n) is 16.3. The highest BCUT2D eigenvalue weighted by Gasteiger charge is 2.16. The van der Waals surface area contributed by atoms with Gasteiger partial charge in [-0.15, -0.1) is 0 Å². The smallest absolute Gasteiger partial charge is 0.306 e. The predicted octanol–water partition coefficient (Wildman–Crippen LogP) is 23.8. The number of hydrogen-bond acceptors (Lipinski definition) is 5. The van der Waals surface area contributed by atoms with E-state index in [0.29, 0.717) is 12.8 Å². The van der Waals surface area contributed by atoms with Gasteiger partial charge in [-0.05, 0) is 38.5 Å². The summed E-state index contributed by atoms with van der Waals surface area (Å²) in [6.45, 7) is 4.22. The van der Waals surface area contributed by atoms with E-state index in [0.717, 1.165) is 32.1 Å². The summed E-state index contributed by atoms with van der Waals surface area (Å²) in [7, 11) is 0. The molecule has 75 heavy (non-hydrogen) atoms. The van der Waals surface area contributed by atoms with Gasteiger partial charge in [0.1, 0.15) is 6.61 Å². The third kappa shape index (κ3) is 65.1. The number of unbranched alkanes of at least 4 members (excludes halogenated alkanes) is 56. The largest absolute Gasteiger partial charge is 0.462 e. The lowest BCUT2D eigenvalue weighted by Gasteiger charge is -2.15. The van der Waals surface area contributed by atoms with Crippen LogP contribution in [-0.4, -0.2) is 36.4 Å².